The van der Waals surface area contributed by atoms with Gasteiger partial charge in [0.1, 0.15) is 5.82 Å². The monoisotopic (exact) mass is 513 g/mol. The number of hydrogen-bond acceptors (Lipinski definition) is 5. The van der Waals surface area contributed by atoms with Gasteiger partial charge < -0.3 is 0 Å². The Morgan fingerprint density at radius 3 is 2.62 bits per heavy atom. The zero-order chi connectivity index (χ0) is 16.0. The Bertz CT molecular complexity index is 998. The fraction of sp³-hybridized carbons (Fsp3) is 0.176. The summed E-state index contributed by atoms with van der Waals surface area (Å²) in [4.78, 5) is 4.36. The fourth-order valence-corrected chi connectivity index (χ4v) is 3.78. The third kappa shape index (κ3) is 2.69. The third-order valence-corrected chi connectivity index (χ3v) is 4.69. The van der Waals surface area contributed by atoms with Crippen LogP contribution in [0.1, 0.15) is 16.7 Å². The molecule has 0 aliphatic heterocycles. The minimum absolute atomic E-state index is 0. The molecule has 0 saturated heterocycles. The Labute approximate surface area is 157 Å². The van der Waals surface area contributed by atoms with E-state index in [1.54, 1.807) is 16.0 Å². The molecule has 2 heterocycles. The van der Waals surface area contributed by atoms with Crippen molar-refractivity contribution in [1.82, 2.24) is 25.2 Å². The second-order valence-electron chi connectivity index (χ2n) is 5.58. The average Bonchev–Trinajstić information content (AvgIpc) is 3.14. The minimum Gasteiger partial charge on any atom is -0.265 e. The summed E-state index contributed by atoms with van der Waals surface area (Å²) in [5.41, 5.74) is 8.20. The van der Waals surface area contributed by atoms with Crippen molar-refractivity contribution < 1.29 is 20.1 Å². The minimum atomic E-state index is 0. The van der Waals surface area contributed by atoms with Crippen LogP contribution in [-0.2, 0) is 20.1 Å². The van der Waals surface area contributed by atoms with E-state index in [0.29, 0.717) is 5.82 Å². The number of fused-ring (bicyclic) bond motifs is 1. The quantitative estimate of drug-likeness (QED) is 0.385. The summed E-state index contributed by atoms with van der Waals surface area (Å²) in [5, 5.41) is 12.4. The second-order valence-corrected chi connectivity index (χ2v) is 6.44. The van der Waals surface area contributed by atoms with E-state index in [1.807, 2.05) is 17.6 Å². The fourth-order valence-electron chi connectivity index (χ4n) is 3.00. The molecule has 0 aliphatic rings. The Kier molecular flexibility index (Phi) is 4.58. The number of aromatic nitrogens is 5. The van der Waals surface area contributed by atoms with Gasteiger partial charge in [0, 0.05) is 20.1 Å². The van der Waals surface area contributed by atoms with Crippen LogP contribution >= 0.6 is 11.3 Å². The van der Waals surface area contributed by atoms with Crippen LogP contribution in [0, 0.1) is 26.8 Å². The van der Waals surface area contributed by atoms with Crippen LogP contribution in [0.25, 0.3) is 27.3 Å². The van der Waals surface area contributed by atoms with Crippen molar-refractivity contribution in [1.29, 1.82) is 0 Å². The van der Waals surface area contributed by atoms with Gasteiger partial charge in [-0.05, 0) is 52.5 Å². The zero-order valence-corrected chi connectivity index (χ0v) is 16.6. The van der Waals surface area contributed by atoms with Crippen LogP contribution in [-0.4, -0.2) is 25.2 Å². The van der Waals surface area contributed by atoms with Crippen LogP contribution in [0.3, 0.4) is 0 Å². The van der Waals surface area contributed by atoms with Gasteiger partial charge >= 0.3 is 0 Å². The summed E-state index contributed by atoms with van der Waals surface area (Å²) in [6.45, 7) is 6.26. The first kappa shape index (κ1) is 16.9. The van der Waals surface area contributed by atoms with Crippen LogP contribution in [0.2, 0.25) is 0 Å². The van der Waals surface area contributed by atoms with E-state index in [9.17, 15) is 0 Å². The molecule has 4 aromatic rings. The van der Waals surface area contributed by atoms with Gasteiger partial charge in [0.15, 0.2) is 0 Å². The van der Waals surface area contributed by atoms with E-state index in [1.165, 1.54) is 5.56 Å². The second kappa shape index (κ2) is 6.51. The molecular formula is C17H14IrN5S-. The molecule has 0 spiro atoms. The largest absolute Gasteiger partial charge is 0.265 e. The maximum Gasteiger partial charge on any atom is 0.105 e. The van der Waals surface area contributed by atoms with Crippen molar-refractivity contribution in [2.45, 2.75) is 20.8 Å². The summed E-state index contributed by atoms with van der Waals surface area (Å²) in [6.07, 6.45) is 0. The first-order chi connectivity index (χ1) is 11.1. The molecule has 0 bridgehead atoms. The van der Waals surface area contributed by atoms with Crippen LogP contribution in [0.5, 0.6) is 0 Å². The predicted octanol–water partition coefficient (Wildman–Crippen LogP) is 3.66. The molecule has 0 amide bonds. The molecular weight excluding hydrogens is 499 g/mol. The maximum atomic E-state index is 4.36. The van der Waals surface area contributed by atoms with Crippen molar-refractivity contribution >= 4 is 21.6 Å². The molecule has 4 rings (SSSR count). The van der Waals surface area contributed by atoms with E-state index < -0.39 is 0 Å². The first-order valence-electron chi connectivity index (χ1n) is 7.26. The van der Waals surface area contributed by atoms with Crippen LogP contribution < -0.4 is 0 Å². The van der Waals surface area contributed by atoms with Crippen molar-refractivity contribution in [3.8, 4) is 17.1 Å². The van der Waals surface area contributed by atoms with E-state index in [-0.39, 0.29) is 20.1 Å². The molecule has 0 atom stereocenters. The molecule has 0 aliphatic carbocycles. The van der Waals surface area contributed by atoms with E-state index >= 15 is 0 Å². The summed E-state index contributed by atoms with van der Waals surface area (Å²) in [5.74, 6) is 0.690. The molecule has 0 fully saturated rings. The normalized spacial score (nSPS) is 10.8. The van der Waals surface area contributed by atoms with Gasteiger partial charge in [-0.15, -0.1) is 18.2 Å². The topological polar surface area (TPSA) is 56.5 Å². The van der Waals surface area contributed by atoms with Crippen molar-refractivity contribution in [3.05, 3.63) is 52.5 Å². The molecule has 0 saturated carbocycles. The predicted molar refractivity (Wildman–Crippen MR) is 90.8 cm³/mol. The molecule has 2 aromatic carbocycles. The summed E-state index contributed by atoms with van der Waals surface area (Å²) < 4.78 is 2.85. The number of hydrogen-bond donors (Lipinski definition) is 0. The average molecular weight is 513 g/mol. The smallest absolute Gasteiger partial charge is 0.105 e. The number of benzene rings is 2. The van der Waals surface area contributed by atoms with Crippen molar-refractivity contribution in [3.63, 3.8) is 0 Å². The molecule has 0 unspecified atom stereocenters. The van der Waals surface area contributed by atoms with Crippen molar-refractivity contribution in [2.24, 2.45) is 0 Å². The van der Waals surface area contributed by atoms with E-state index in [0.717, 1.165) is 32.6 Å². The SMILES string of the molecule is Cc1cc(C)c(-n2nnnc2-c2[c-]ccc3ncsc23)c(C)c1.[Ir]. The Morgan fingerprint density at radius 1 is 1.12 bits per heavy atom. The van der Waals surface area contributed by atoms with Gasteiger partial charge in [-0.2, -0.15) is 16.4 Å². The maximum absolute atomic E-state index is 4.36. The Morgan fingerprint density at radius 2 is 1.88 bits per heavy atom. The number of nitrogens with zero attached hydrogens (tertiary/aromatic N) is 5. The Hall–Kier alpha value is -1.95. The molecule has 2 aromatic heterocycles. The van der Waals surface area contributed by atoms with Crippen LogP contribution in [0.4, 0.5) is 0 Å². The van der Waals surface area contributed by atoms with Gasteiger partial charge in [-0.1, -0.05) is 23.3 Å². The van der Waals surface area contributed by atoms with Gasteiger partial charge in [0.2, 0.25) is 0 Å². The number of rotatable bonds is 2. The molecule has 1 radical (unpaired) electrons. The molecule has 5 nitrogen and oxygen atoms in total. The van der Waals surface area contributed by atoms with Gasteiger partial charge in [-0.3, -0.25) is 4.98 Å². The molecule has 123 valence electrons. The van der Waals surface area contributed by atoms with Crippen molar-refractivity contribution in [2.75, 3.05) is 0 Å². The molecule has 0 N–H and O–H groups in total. The standard InChI is InChI=1S/C17H14N5S.Ir/c1-10-7-11(2)15(12(3)8-10)22-17(19-20-21-22)13-5-4-6-14-16(13)23-9-18-14;/h4,6-9H,1-3H3;/q-1;. The molecule has 7 heteroatoms. The van der Waals surface area contributed by atoms with Gasteiger partial charge in [0.05, 0.1) is 11.2 Å². The Balaban J connectivity index is 0.00000169. The van der Waals surface area contributed by atoms with Gasteiger partial charge in [0.25, 0.3) is 0 Å². The number of aryl methyl sites for hydroxylation is 3. The molecule has 24 heavy (non-hydrogen) atoms. The summed E-state index contributed by atoms with van der Waals surface area (Å²) in [7, 11) is 0. The number of thiazole rings is 1. The van der Waals surface area contributed by atoms with E-state index in [4.69, 9.17) is 0 Å². The summed E-state index contributed by atoms with van der Waals surface area (Å²) in [6, 6.07) is 11.4. The van der Waals surface area contributed by atoms with Gasteiger partial charge in [-0.25, -0.2) is 4.68 Å². The first-order valence-corrected chi connectivity index (χ1v) is 8.14. The van der Waals surface area contributed by atoms with E-state index in [2.05, 4.69) is 59.5 Å². The third-order valence-electron chi connectivity index (χ3n) is 3.83. The van der Waals surface area contributed by atoms with Crippen LogP contribution in [0.15, 0.2) is 29.8 Å². The number of tetrazole rings is 1. The zero-order valence-electron chi connectivity index (χ0n) is 13.4. The summed E-state index contributed by atoms with van der Waals surface area (Å²) >= 11 is 1.58.